The number of benzene rings is 3. The third-order valence-electron chi connectivity index (χ3n) is 5.39. The smallest absolute Gasteiger partial charge is 0.251 e. The summed E-state index contributed by atoms with van der Waals surface area (Å²) in [5.74, 6) is -0.543. The molecule has 1 aliphatic heterocycles. The van der Waals surface area contributed by atoms with Crippen LogP contribution in [0.15, 0.2) is 77.7 Å². The number of nitrogens with one attached hydrogen (secondary N) is 1. The Balaban J connectivity index is 1.35. The van der Waals surface area contributed by atoms with E-state index < -0.39 is 10.0 Å². The van der Waals surface area contributed by atoms with Gasteiger partial charge in [-0.3, -0.25) is 9.59 Å². The second-order valence-electron chi connectivity index (χ2n) is 7.34. The monoisotopic (exact) mass is 437 g/mol. The number of hydrogen-bond acceptors (Lipinski definition) is 4. The summed E-state index contributed by atoms with van der Waals surface area (Å²) >= 11 is 0. The van der Waals surface area contributed by atoms with Gasteiger partial charge in [0.1, 0.15) is 0 Å². The molecule has 1 aliphatic rings. The van der Waals surface area contributed by atoms with E-state index in [1.54, 1.807) is 47.4 Å². The van der Waals surface area contributed by atoms with Gasteiger partial charge in [-0.05, 0) is 35.0 Å². The molecule has 1 fully saturated rings. The lowest BCUT2D eigenvalue weighted by atomic mass is 10.1. The number of fused-ring (bicyclic) bond motifs is 1. The average molecular weight is 438 g/mol. The van der Waals surface area contributed by atoms with Gasteiger partial charge in [0.2, 0.25) is 15.9 Å². The second kappa shape index (κ2) is 8.87. The molecule has 1 heterocycles. The summed E-state index contributed by atoms with van der Waals surface area (Å²) in [6.45, 7) is 0.881. The van der Waals surface area contributed by atoms with Crippen LogP contribution in [-0.4, -0.2) is 62.2 Å². The Bertz CT molecular complexity index is 1200. The zero-order valence-electron chi connectivity index (χ0n) is 16.9. The van der Waals surface area contributed by atoms with Crippen LogP contribution in [0.25, 0.3) is 10.8 Å². The zero-order chi connectivity index (χ0) is 21.8. The van der Waals surface area contributed by atoms with Crippen molar-refractivity contribution in [3.63, 3.8) is 0 Å². The van der Waals surface area contributed by atoms with Crippen molar-refractivity contribution in [2.24, 2.45) is 0 Å². The molecule has 8 heteroatoms. The minimum Gasteiger partial charge on any atom is -0.343 e. The maximum atomic E-state index is 13.0. The van der Waals surface area contributed by atoms with Crippen LogP contribution in [-0.2, 0) is 14.8 Å². The van der Waals surface area contributed by atoms with E-state index in [2.05, 4.69) is 5.32 Å². The molecule has 0 spiro atoms. The molecular weight excluding hydrogens is 414 g/mol. The summed E-state index contributed by atoms with van der Waals surface area (Å²) in [6.07, 6.45) is 0. The number of carbonyl (C=O) groups excluding carboxylic acids is 2. The van der Waals surface area contributed by atoms with Gasteiger partial charge in [-0.25, -0.2) is 8.42 Å². The summed E-state index contributed by atoms with van der Waals surface area (Å²) in [4.78, 5) is 26.4. The van der Waals surface area contributed by atoms with Gasteiger partial charge >= 0.3 is 0 Å². The molecule has 1 saturated heterocycles. The molecule has 0 unspecified atom stereocenters. The number of nitrogens with zero attached hydrogens (tertiary/aromatic N) is 2. The van der Waals surface area contributed by atoms with E-state index in [9.17, 15) is 18.0 Å². The fourth-order valence-corrected chi connectivity index (χ4v) is 5.07. The zero-order valence-corrected chi connectivity index (χ0v) is 17.7. The topological polar surface area (TPSA) is 86.8 Å². The van der Waals surface area contributed by atoms with E-state index in [-0.39, 0.29) is 49.4 Å². The molecule has 0 atom stereocenters. The highest BCUT2D eigenvalue weighted by atomic mass is 32.2. The molecule has 3 aromatic carbocycles. The third-order valence-corrected chi connectivity index (χ3v) is 7.28. The van der Waals surface area contributed by atoms with Crippen molar-refractivity contribution in [3.8, 4) is 0 Å². The minimum atomic E-state index is -3.64. The SMILES string of the molecule is O=C(NCC(=O)N1CCN(S(=O)(=O)c2ccc3ccccc3c2)CC1)c1ccccc1. The van der Waals surface area contributed by atoms with Crippen molar-refractivity contribution in [2.75, 3.05) is 32.7 Å². The quantitative estimate of drug-likeness (QED) is 0.662. The summed E-state index contributed by atoms with van der Waals surface area (Å²) in [6, 6.07) is 21.4. The Morgan fingerprint density at radius 2 is 1.45 bits per heavy atom. The molecule has 2 amide bonds. The molecule has 4 rings (SSSR count). The molecule has 160 valence electrons. The summed E-state index contributed by atoms with van der Waals surface area (Å²) < 4.78 is 27.5. The van der Waals surface area contributed by atoms with Gasteiger partial charge in [0.15, 0.2) is 0 Å². The highest BCUT2D eigenvalue weighted by molar-refractivity contribution is 7.89. The Hall–Kier alpha value is -3.23. The lowest BCUT2D eigenvalue weighted by molar-refractivity contribution is -0.131. The van der Waals surface area contributed by atoms with Gasteiger partial charge in [-0.15, -0.1) is 0 Å². The van der Waals surface area contributed by atoms with Crippen LogP contribution in [0.4, 0.5) is 0 Å². The Morgan fingerprint density at radius 3 is 2.16 bits per heavy atom. The standard InChI is InChI=1S/C23H23N3O4S/c27-22(17-24-23(28)19-7-2-1-3-8-19)25-12-14-26(15-13-25)31(29,30)21-11-10-18-6-4-5-9-20(18)16-21/h1-11,16H,12-15,17H2,(H,24,28). The summed E-state index contributed by atoms with van der Waals surface area (Å²) in [5.41, 5.74) is 0.488. The molecule has 3 aromatic rings. The van der Waals surface area contributed by atoms with Crippen molar-refractivity contribution < 1.29 is 18.0 Å². The lowest BCUT2D eigenvalue weighted by Crippen LogP contribution is -2.52. The van der Waals surface area contributed by atoms with Gasteiger partial charge in [0.05, 0.1) is 11.4 Å². The highest BCUT2D eigenvalue weighted by Gasteiger charge is 2.30. The van der Waals surface area contributed by atoms with E-state index in [1.807, 2.05) is 30.3 Å². The first-order valence-corrected chi connectivity index (χ1v) is 11.5. The first-order chi connectivity index (χ1) is 14.9. The molecule has 7 nitrogen and oxygen atoms in total. The molecule has 31 heavy (non-hydrogen) atoms. The van der Waals surface area contributed by atoms with Crippen molar-refractivity contribution in [3.05, 3.63) is 78.4 Å². The maximum absolute atomic E-state index is 13.0. The predicted octanol–water partition coefficient (Wildman–Crippen LogP) is 2.10. The second-order valence-corrected chi connectivity index (χ2v) is 9.28. The van der Waals surface area contributed by atoms with Crippen LogP contribution < -0.4 is 5.32 Å². The van der Waals surface area contributed by atoms with Crippen molar-refractivity contribution in [1.29, 1.82) is 0 Å². The highest BCUT2D eigenvalue weighted by Crippen LogP contribution is 2.22. The molecule has 0 aliphatic carbocycles. The third kappa shape index (κ3) is 4.60. The minimum absolute atomic E-state index is 0.120. The van der Waals surface area contributed by atoms with Gasteiger partial charge < -0.3 is 10.2 Å². The summed E-state index contributed by atoms with van der Waals surface area (Å²) in [5, 5.41) is 4.47. The predicted molar refractivity (Wildman–Crippen MR) is 118 cm³/mol. The van der Waals surface area contributed by atoms with E-state index >= 15 is 0 Å². The van der Waals surface area contributed by atoms with Crippen LogP contribution in [0.5, 0.6) is 0 Å². The number of hydrogen-bond donors (Lipinski definition) is 1. The molecule has 0 radical (unpaired) electrons. The number of amides is 2. The van der Waals surface area contributed by atoms with Crippen LogP contribution in [0, 0.1) is 0 Å². The maximum Gasteiger partial charge on any atom is 0.251 e. The average Bonchev–Trinajstić information content (AvgIpc) is 2.82. The van der Waals surface area contributed by atoms with E-state index in [1.165, 1.54) is 4.31 Å². The Morgan fingerprint density at radius 1 is 0.806 bits per heavy atom. The fraction of sp³-hybridized carbons (Fsp3) is 0.217. The molecule has 0 bridgehead atoms. The Kier molecular flexibility index (Phi) is 6.01. The van der Waals surface area contributed by atoms with E-state index in [0.29, 0.717) is 5.56 Å². The molecule has 0 aromatic heterocycles. The normalized spacial score (nSPS) is 15.0. The lowest BCUT2D eigenvalue weighted by Gasteiger charge is -2.34. The van der Waals surface area contributed by atoms with E-state index in [0.717, 1.165) is 10.8 Å². The number of carbonyl (C=O) groups is 2. The summed E-state index contributed by atoms with van der Waals surface area (Å²) in [7, 11) is -3.64. The molecule has 1 N–H and O–H groups in total. The van der Waals surface area contributed by atoms with Gasteiger partial charge in [0.25, 0.3) is 5.91 Å². The fourth-order valence-electron chi connectivity index (χ4n) is 3.61. The van der Waals surface area contributed by atoms with Crippen LogP contribution in [0.2, 0.25) is 0 Å². The van der Waals surface area contributed by atoms with Crippen molar-refractivity contribution in [2.45, 2.75) is 4.90 Å². The van der Waals surface area contributed by atoms with Crippen LogP contribution in [0.3, 0.4) is 0 Å². The van der Waals surface area contributed by atoms with Gasteiger partial charge in [-0.1, -0.05) is 48.5 Å². The Labute approximate surface area is 181 Å². The number of sulfonamides is 1. The van der Waals surface area contributed by atoms with E-state index in [4.69, 9.17) is 0 Å². The number of piperazine rings is 1. The largest absolute Gasteiger partial charge is 0.343 e. The van der Waals surface area contributed by atoms with Crippen molar-refractivity contribution in [1.82, 2.24) is 14.5 Å². The van der Waals surface area contributed by atoms with Crippen molar-refractivity contribution >= 4 is 32.6 Å². The van der Waals surface area contributed by atoms with Gasteiger partial charge in [0, 0.05) is 31.7 Å². The van der Waals surface area contributed by atoms with Crippen LogP contribution in [0.1, 0.15) is 10.4 Å². The van der Waals surface area contributed by atoms with Crippen LogP contribution >= 0.6 is 0 Å². The molecule has 0 saturated carbocycles. The first kappa shape index (κ1) is 21.0. The first-order valence-electron chi connectivity index (χ1n) is 10.0. The molecular formula is C23H23N3O4S. The van der Waals surface area contributed by atoms with Gasteiger partial charge in [-0.2, -0.15) is 4.31 Å². The number of rotatable bonds is 5.